The first-order chi connectivity index (χ1) is 20.8. The van der Waals surface area contributed by atoms with Crippen molar-refractivity contribution >= 4 is 8.60 Å². The van der Waals surface area contributed by atoms with Crippen molar-refractivity contribution in [2.24, 2.45) is 0 Å². The van der Waals surface area contributed by atoms with Gasteiger partial charge in [-0.25, -0.2) is 0 Å². The maximum Gasteiger partial charge on any atom is 0.391 e. The van der Waals surface area contributed by atoms with Crippen LogP contribution in [0.2, 0.25) is 0 Å². The van der Waals surface area contributed by atoms with Crippen LogP contribution in [0.5, 0.6) is 5.75 Å². The molecule has 0 aliphatic heterocycles. The highest BCUT2D eigenvalue weighted by Gasteiger charge is 2.34. The number of aryl methyl sites for hydroxylation is 2. The fourth-order valence-corrected chi connectivity index (χ4v) is 6.97. The third kappa shape index (κ3) is 7.86. The summed E-state index contributed by atoms with van der Waals surface area (Å²) in [6, 6.07) is 16.1. The first kappa shape index (κ1) is 37.3. The van der Waals surface area contributed by atoms with Crippen LogP contribution in [0.1, 0.15) is 153 Å². The van der Waals surface area contributed by atoms with Crippen LogP contribution in [-0.2, 0) is 28.1 Å². The normalized spacial score (nSPS) is 13.1. The average molecular weight is 633 g/mol. The minimum absolute atomic E-state index is 0.0578. The first-order valence-electron chi connectivity index (χ1n) is 17.0. The van der Waals surface area contributed by atoms with Crippen molar-refractivity contribution in [3.8, 4) is 16.9 Å². The Morgan fingerprint density at radius 2 is 1.02 bits per heavy atom. The summed E-state index contributed by atoms with van der Waals surface area (Å²) >= 11 is 0. The molecule has 0 heterocycles. The van der Waals surface area contributed by atoms with Crippen molar-refractivity contribution in [3.63, 3.8) is 0 Å². The SMILES string of the molecule is CCC(C)(C)c1ccc(Cc2c(C(C)(C)CC)cc(C(C)(C)CC)c(OP(O)O)c2-c2ccc(C(C)(C)CC)c(C)c2)cc1C. The van der Waals surface area contributed by atoms with Crippen LogP contribution >= 0.6 is 8.60 Å². The molecular formula is C41H61O3P. The van der Waals surface area contributed by atoms with E-state index >= 15 is 0 Å². The zero-order valence-corrected chi connectivity index (χ0v) is 31.7. The number of hydrogen-bond acceptors (Lipinski definition) is 3. The van der Waals surface area contributed by atoms with Crippen molar-refractivity contribution in [2.75, 3.05) is 0 Å². The lowest BCUT2D eigenvalue weighted by atomic mass is 9.71. The Morgan fingerprint density at radius 3 is 1.47 bits per heavy atom. The predicted molar refractivity (Wildman–Crippen MR) is 196 cm³/mol. The van der Waals surface area contributed by atoms with Gasteiger partial charge in [-0.1, -0.05) is 126 Å². The molecule has 0 saturated carbocycles. The second kappa shape index (κ2) is 13.9. The lowest BCUT2D eigenvalue weighted by Gasteiger charge is -2.35. The standard InChI is InChI=1S/C41H61O3P/c1-15-38(7,8)32-21-19-29(23-27(32)5)25-31-34(40(11,12)17-3)26-35(41(13,14)18-4)37(44-45(42)43)36(31)30-20-22-33(28(6)24-30)39(9,10)16-2/h19-24,26,42-43H,15-18,25H2,1-14H3. The van der Waals surface area contributed by atoms with Crippen LogP contribution in [0.15, 0.2) is 42.5 Å². The molecule has 3 aromatic rings. The van der Waals surface area contributed by atoms with E-state index in [9.17, 15) is 9.79 Å². The summed E-state index contributed by atoms with van der Waals surface area (Å²) in [4.78, 5) is 20.8. The fraction of sp³-hybridized carbons (Fsp3) is 0.561. The molecule has 3 nitrogen and oxygen atoms in total. The molecule has 248 valence electrons. The van der Waals surface area contributed by atoms with E-state index in [-0.39, 0.29) is 21.7 Å². The molecule has 3 aromatic carbocycles. The second-order valence-electron chi connectivity index (χ2n) is 15.8. The summed E-state index contributed by atoms with van der Waals surface area (Å²) in [5.74, 6) is 0.603. The van der Waals surface area contributed by atoms with Crippen LogP contribution in [0.4, 0.5) is 0 Å². The molecule has 0 aliphatic carbocycles. The molecule has 0 aromatic heterocycles. The Kier molecular flexibility index (Phi) is 11.5. The van der Waals surface area contributed by atoms with E-state index in [2.05, 4.69) is 139 Å². The Bertz CT molecular complexity index is 1490. The van der Waals surface area contributed by atoms with E-state index in [1.807, 2.05) is 0 Å². The maximum absolute atomic E-state index is 10.4. The van der Waals surface area contributed by atoms with E-state index in [4.69, 9.17) is 4.52 Å². The topological polar surface area (TPSA) is 49.7 Å². The highest BCUT2D eigenvalue weighted by molar-refractivity contribution is 7.39. The minimum atomic E-state index is -2.62. The molecule has 0 amide bonds. The molecule has 0 radical (unpaired) electrons. The molecular weight excluding hydrogens is 571 g/mol. The van der Waals surface area contributed by atoms with Gasteiger partial charge < -0.3 is 14.3 Å². The van der Waals surface area contributed by atoms with E-state index < -0.39 is 8.60 Å². The van der Waals surface area contributed by atoms with Crippen molar-refractivity contribution in [1.29, 1.82) is 0 Å². The van der Waals surface area contributed by atoms with Gasteiger partial charge in [0, 0.05) is 11.1 Å². The van der Waals surface area contributed by atoms with Gasteiger partial charge in [0.15, 0.2) is 0 Å². The summed E-state index contributed by atoms with van der Waals surface area (Å²) < 4.78 is 6.14. The molecule has 0 saturated heterocycles. The maximum atomic E-state index is 10.4. The van der Waals surface area contributed by atoms with Gasteiger partial charge in [-0.15, -0.1) is 0 Å². The fourth-order valence-electron chi connectivity index (χ4n) is 6.61. The van der Waals surface area contributed by atoms with Gasteiger partial charge in [-0.05, 0) is 112 Å². The summed E-state index contributed by atoms with van der Waals surface area (Å²) in [7, 11) is -2.62. The molecule has 0 aliphatic rings. The smallest absolute Gasteiger partial charge is 0.391 e. The van der Waals surface area contributed by atoms with Gasteiger partial charge in [0.2, 0.25) is 0 Å². The lowest BCUT2D eigenvalue weighted by Crippen LogP contribution is -2.24. The van der Waals surface area contributed by atoms with E-state index in [0.29, 0.717) is 5.75 Å². The Morgan fingerprint density at radius 1 is 0.578 bits per heavy atom. The van der Waals surface area contributed by atoms with E-state index in [1.54, 1.807) is 0 Å². The first-order valence-corrected chi connectivity index (χ1v) is 18.2. The van der Waals surface area contributed by atoms with Gasteiger partial charge in [0.05, 0.1) is 0 Å². The van der Waals surface area contributed by atoms with Crippen molar-refractivity contribution in [1.82, 2.24) is 0 Å². The molecule has 0 atom stereocenters. The van der Waals surface area contributed by atoms with Gasteiger partial charge in [0.25, 0.3) is 0 Å². The zero-order valence-electron chi connectivity index (χ0n) is 30.8. The second-order valence-corrected chi connectivity index (χ2v) is 16.5. The Hall–Kier alpha value is -2.19. The molecule has 0 bridgehead atoms. The molecule has 2 N–H and O–H groups in total. The molecule has 0 fully saturated rings. The third-order valence-corrected chi connectivity index (χ3v) is 11.5. The molecule has 0 unspecified atom stereocenters. The van der Waals surface area contributed by atoms with Crippen LogP contribution in [0, 0.1) is 13.8 Å². The number of rotatable bonds is 13. The van der Waals surface area contributed by atoms with Crippen LogP contribution in [0.25, 0.3) is 11.1 Å². The number of benzene rings is 3. The van der Waals surface area contributed by atoms with Crippen LogP contribution in [0.3, 0.4) is 0 Å². The average Bonchev–Trinajstić information content (AvgIpc) is 2.96. The van der Waals surface area contributed by atoms with Gasteiger partial charge in [0.1, 0.15) is 5.75 Å². The van der Waals surface area contributed by atoms with E-state index in [1.165, 1.54) is 38.9 Å². The van der Waals surface area contributed by atoms with Gasteiger partial charge in [-0.3, -0.25) is 0 Å². The van der Waals surface area contributed by atoms with Crippen LogP contribution in [-0.4, -0.2) is 9.79 Å². The summed E-state index contributed by atoms with van der Waals surface area (Å²) in [6.45, 7) is 31.8. The summed E-state index contributed by atoms with van der Waals surface area (Å²) in [5.41, 5.74) is 11.9. The molecule has 45 heavy (non-hydrogen) atoms. The molecule has 4 heteroatoms. The Balaban J connectivity index is 2.52. The van der Waals surface area contributed by atoms with Crippen molar-refractivity contribution < 1.29 is 14.3 Å². The zero-order chi connectivity index (χ0) is 34.1. The van der Waals surface area contributed by atoms with Crippen molar-refractivity contribution in [2.45, 2.75) is 151 Å². The highest BCUT2D eigenvalue weighted by atomic mass is 31.2. The van der Waals surface area contributed by atoms with Gasteiger partial charge >= 0.3 is 8.60 Å². The minimum Gasteiger partial charge on any atom is -0.426 e. The lowest BCUT2D eigenvalue weighted by molar-refractivity contribution is 0.367. The van der Waals surface area contributed by atoms with Crippen molar-refractivity contribution in [3.05, 3.63) is 87.0 Å². The quantitative estimate of drug-likeness (QED) is 0.184. The largest absolute Gasteiger partial charge is 0.426 e. The van der Waals surface area contributed by atoms with E-state index in [0.717, 1.165) is 48.8 Å². The third-order valence-electron chi connectivity index (χ3n) is 11.2. The molecule has 0 spiro atoms. The Labute approximate surface area is 276 Å². The number of hydrogen-bond donors (Lipinski definition) is 2. The highest BCUT2D eigenvalue weighted by Crippen LogP contribution is 2.51. The van der Waals surface area contributed by atoms with Gasteiger partial charge in [-0.2, -0.15) is 0 Å². The monoisotopic (exact) mass is 632 g/mol. The van der Waals surface area contributed by atoms with Crippen LogP contribution < -0.4 is 4.52 Å². The molecule has 3 rings (SSSR count). The summed E-state index contributed by atoms with van der Waals surface area (Å²) in [5, 5.41) is 0. The predicted octanol–water partition coefficient (Wildman–Crippen LogP) is 11.9. The summed E-state index contributed by atoms with van der Waals surface area (Å²) in [6.07, 6.45) is 4.71.